The number of nitrogens with two attached hydrogens (primary N) is 1. The van der Waals surface area contributed by atoms with Gasteiger partial charge < -0.3 is 16.2 Å². The van der Waals surface area contributed by atoms with E-state index in [1.807, 2.05) is 0 Å². The predicted molar refractivity (Wildman–Crippen MR) is 52.5 cm³/mol. The van der Waals surface area contributed by atoms with Crippen LogP contribution in [0.5, 0.6) is 0 Å². The minimum atomic E-state index is -0.463. The summed E-state index contributed by atoms with van der Waals surface area (Å²) in [4.78, 5) is 4.73. The van der Waals surface area contributed by atoms with E-state index < -0.39 is 6.10 Å². The first-order valence-corrected chi connectivity index (χ1v) is 5.20. The summed E-state index contributed by atoms with van der Waals surface area (Å²) in [6.07, 6.45) is 3.64. The molecule has 1 aromatic heterocycles. The number of hydrogen-bond donors (Lipinski definition) is 3. The molecule has 0 spiro atoms. The van der Waals surface area contributed by atoms with Crippen LogP contribution in [0, 0.1) is 0 Å². The summed E-state index contributed by atoms with van der Waals surface area (Å²) in [5, 5.41) is 13.4. The first-order chi connectivity index (χ1) is 6.25. The van der Waals surface area contributed by atoms with Gasteiger partial charge in [-0.15, -0.1) is 0 Å². The highest BCUT2D eigenvalue weighted by atomic mass is 32.1. The number of nitrogens with one attached hydrogen (secondary N) is 1. The molecule has 0 aliphatic heterocycles. The molecule has 0 saturated heterocycles. The van der Waals surface area contributed by atoms with Crippen LogP contribution < -0.4 is 11.1 Å². The van der Waals surface area contributed by atoms with Crippen LogP contribution in [0.3, 0.4) is 0 Å². The van der Waals surface area contributed by atoms with Gasteiger partial charge in [0, 0.05) is 18.8 Å². The summed E-state index contributed by atoms with van der Waals surface area (Å²) in [5.41, 5.74) is 5.46. The van der Waals surface area contributed by atoms with E-state index >= 15 is 0 Å². The molecule has 1 unspecified atom stereocenters. The summed E-state index contributed by atoms with van der Waals surface area (Å²) < 4.78 is 0. The Kier molecular flexibility index (Phi) is 2.48. The Morgan fingerprint density at radius 1 is 1.77 bits per heavy atom. The van der Waals surface area contributed by atoms with Crippen LogP contribution in [0.1, 0.15) is 23.8 Å². The van der Waals surface area contributed by atoms with Crippen molar-refractivity contribution in [3.05, 3.63) is 11.1 Å². The van der Waals surface area contributed by atoms with E-state index in [1.165, 1.54) is 24.2 Å². The van der Waals surface area contributed by atoms with Gasteiger partial charge in [0.2, 0.25) is 0 Å². The summed E-state index contributed by atoms with van der Waals surface area (Å²) >= 11 is 1.34. The number of aliphatic hydroxyl groups is 1. The molecule has 1 heterocycles. The molecule has 4 nitrogen and oxygen atoms in total. The van der Waals surface area contributed by atoms with Gasteiger partial charge in [0.1, 0.15) is 6.10 Å². The molecule has 1 aliphatic rings. The van der Waals surface area contributed by atoms with Crippen molar-refractivity contribution in [1.82, 2.24) is 10.3 Å². The van der Waals surface area contributed by atoms with Gasteiger partial charge in [-0.3, -0.25) is 0 Å². The molecule has 0 radical (unpaired) electrons. The second-order valence-electron chi connectivity index (χ2n) is 3.30. The Morgan fingerprint density at radius 3 is 3.08 bits per heavy atom. The zero-order chi connectivity index (χ0) is 9.26. The van der Waals surface area contributed by atoms with Crippen LogP contribution >= 0.6 is 11.3 Å². The van der Waals surface area contributed by atoms with Crippen LogP contribution in [-0.4, -0.2) is 22.7 Å². The third-order valence-electron chi connectivity index (χ3n) is 2.05. The Morgan fingerprint density at radius 2 is 2.54 bits per heavy atom. The van der Waals surface area contributed by atoms with Crippen molar-refractivity contribution >= 4 is 16.5 Å². The van der Waals surface area contributed by atoms with Gasteiger partial charge in [-0.05, 0) is 12.8 Å². The van der Waals surface area contributed by atoms with Gasteiger partial charge in [0.05, 0.1) is 4.88 Å². The zero-order valence-corrected chi connectivity index (χ0v) is 8.05. The lowest BCUT2D eigenvalue weighted by atomic mass is 10.3. The predicted octanol–water partition coefficient (Wildman–Crippen LogP) is 0.511. The Hall–Kier alpha value is -0.650. The van der Waals surface area contributed by atoms with Gasteiger partial charge in [-0.25, -0.2) is 4.98 Å². The first kappa shape index (κ1) is 8.93. The maximum Gasteiger partial charge on any atom is 0.180 e. The van der Waals surface area contributed by atoms with E-state index in [1.54, 1.807) is 6.20 Å². The third-order valence-corrected chi connectivity index (χ3v) is 2.97. The van der Waals surface area contributed by atoms with Crippen LogP contribution in [-0.2, 0) is 0 Å². The van der Waals surface area contributed by atoms with Crippen molar-refractivity contribution in [2.45, 2.75) is 25.0 Å². The number of thiazole rings is 1. The highest BCUT2D eigenvalue weighted by molar-refractivity contribution is 7.15. The van der Waals surface area contributed by atoms with Crippen molar-refractivity contribution in [3.63, 3.8) is 0 Å². The minimum absolute atomic E-state index is 0.463. The number of hydrogen-bond acceptors (Lipinski definition) is 5. The maximum absolute atomic E-state index is 9.66. The molecule has 1 aliphatic carbocycles. The zero-order valence-electron chi connectivity index (χ0n) is 7.23. The Balaban J connectivity index is 1.84. The Labute approximate surface area is 80.8 Å². The van der Waals surface area contributed by atoms with Crippen LogP contribution in [0.25, 0.3) is 0 Å². The third kappa shape index (κ3) is 2.40. The highest BCUT2D eigenvalue weighted by Crippen LogP contribution is 2.23. The molecular formula is C8H13N3OS. The van der Waals surface area contributed by atoms with Crippen molar-refractivity contribution in [3.8, 4) is 0 Å². The highest BCUT2D eigenvalue weighted by Gasteiger charge is 2.22. The molecule has 72 valence electrons. The van der Waals surface area contributed by atoms with Crippen molar-refractivity contribution in [1.29, 1.82) is 0 Å². The lowest BCUT2D eigenvalue weighted by Crippen LogP contribution is -2.22. The molecule has 0 amide bonds. The van der Waals surface area contributed by atoms with Crippen LogP contribution in [0.4, 0.5) is 5.13 Å². The number of anilines is 1. The maximum atomic E-state index is 9.66. The van der Waals surface area contributed by atoms with E-state index in [2.05, 4.69) is 10.3 Å². The average molecular weight is 199 g/mol. The molecule has 2 rings (SSSR count). The molecule has 0 aromatic carbocycles. The second kappa shape index (κ2) is 3.61. The molecular weight excluding hydrogens is 186 g/mol. The molecule has 1 fully saturated rings. The first-order valence-electron chi connectivity index (χ1n) is 4.38. The Bertz CT molecular complexity index is 285. The fraction of sp³-hybridized carbons (Fsp3) is 0.625. The standard InChI is InChI=1S/C8H13N3OS/c9-8-11-4-7(13-8)6(12)3-10-5-1-2-5/h4-6,10,12H,1-3H2,(H2,9,11). The normalized spacial score (nSPS) is 18.8. The largest absolute Gasteiger partial charge is 0.386 e. The summed E-state index contributed by atoms with van der Waals surface area (Å²) in [6.45, 7) is 0.603. The number of aliphatic hydroxyl groups excluding tert-OH is 1. The van der Waals surface area contributed by atoms with Gasteiger partial charge in [0.15, 0.2) is 5.13 Å². The van der Waals surface area contributed by atoms with Crippen molar-refractivity contribution < 1.29 is 5.11 Å². The molecule has 4 N–H and O–H groups in total. The monoisotopic (exact) mass is 199 g/mol. The van der Waals surface area contributed by atoms with Gasteiger partial charge in [-0.1, -0.05) is 11.3 Å². The van der Waals surface area contributed by atoms with Gasteiger partial charge >= 0.3 is 0 Å². The lowest BCUT2D eigenvalue weighted by molar-refractivity contribution is 0.177. The van der Waals surface area contributed by atoms with E-state index in [4.69, 9.17) is 5.73 Å². The van der Waals surface area contributed by atoms with Gasteiger partial charge in [0.25, 0.3) is 0 Å². The fourth-order valence-electron chi connectivity index (χ4n) is 1.12. The molecule has 1 saturated carbocycles. The average Bonchev–Trinajstić information content (AvgIpc) is 2.84. The van der Waals surface area contributed by atoms with E-state index in [9.17, 15) is 5.11 Å². The van der Waals surface area contributed by atoms with Crippen LogP contribution in [0.15, 0.2) is 6.20 Å². The number of nitrogens with zero attached hydrogens (tertiary/aromatic N) is 1. The lowest BCUT2D eigenvalue weighted by Gasteiger charge is -2.07. The van der Waals surface area contributed by atoms with Crippen molar-refractivity contribution in [2.75, 3.05) is 12.3 Å². The van der Waals surface area contributed by atoms with E-state index in [0.717, 1.165) is 4.88 Å². The number of aromatic nitrogens is 1. The van der Waals surface area contributed by atoms with Crippen LogP contribution in [0.2, 0.25) is 0 Å². The fourth-order valence-corrected chi connectivity index (χ4v) is 1.79. The minimum Gasteiger partial charge on any atom is -0.386 e. The summed E-state index contributed by atoms with van der Waals surface area (Å²) in [7, 11) is 0. The topological polar surface area (TPSA) is 71.2 Å². The van der Waals surface area contributed by atoms with Gasteiger partial charge in [-0.2, -0.15) is 0 Å². The van der Waals surface area contributed by atoms with E-state index in [-0.39, 0.29) is 0 Å². The quantitative estimate of drug-likeness (QED) is 0.660. The molecule has 0 bridgehead atoms. The smallest absolute Gasteiger partial charge is 0.180 e. The molecule has 1 aromatic rings. The summed E-state index contributed by atoms with van der Waals surface area (Å²) in [6, 6.07) is 0.625. The molecule has 13 heavy (non-hydrogen) atoms. The summed E-state index contributed by atoms with van der Waals surface area (Å²) in [5.74, 6) is 0. The second-order valence-corrected chi connectivity index (χ2v) is 4.39. The SMILES string of the molecule is Nc1ncc(C(O)CNC2CC2)s1. The molecule has 5 heteroatoms. The van der Waals surface area contributed by atoms with E-state index in [0.29, 0.717) is 17.7 Å². The molecule has 1 atom stereocenters. The number of nitrogen functional groups attached to an aromatic ring is 1. The van der Waals surface area contributed by atoms with Crippen molar-refractivity contribution in [2.24, 2.45) is 0 Å². The number of rotatable bonds is 4.